The number of azo groups is 1. The highest BCUT2D eigenvalue weighted by Crippen LogP contribution is 2.34. The Kier molecular flexibility index (Phi) is 3.74. The number of hydrogen-bond donors (Lipinski definition) is 2. The van der Waals surface area contributed by atoms with Crippen molar-refractivity contribution in [3.05, 3.63) is 48.0 Å². The second-order valence-corrected chi connectivity index (χ2v) is 5.67. The van der Waals surface area contributed by atoms with E-state index in [1.807, 2.05) is 26.8 Å². The van der Waals surface area contributed by atoms with Crippen LogP contribution in [0.25, 0.3) is 0 Å². The molecular formula is C16H18N2O2. The van der Waals surface area contributed by atoms with Crippen molar-refractivity contribution in [2.45, 2.75) is 26.2 Å². The highest BCUT2D eigenvalue weighted by molar-refractivity contribution is 5.50. The zero-order valence-electron chi connectivity index (χ0n) is 11.8. The third-order valence-electron chi connectivity index (χ3n) is 2.92. The van der Waals surface area contributed by atoms with E-state index in [0.717, 1.165) is 5.56 Å². The van der Waals surface area contributed by atoms with E-state index in [9.17, 15) is 10.2 Å². The van der Waals surface area contributed by atoms with Crippen molar-refractivity contribution in [3.8, 4) is 11.5 Å². The molecule has 0 aliphatic rings. The van der Waals surface area contributed by atoms with Crippen LogP contribution in [0.2, 0.25) is 0 Å². The van der Waals surface area contributed by atoms with Crippen molar-refractivity contribution in [3.63, 3.8) is 0 Å². The summed E-state index contributed by atoms with van der Waals surface area (Å²) in [4.78, 5) is 0. The number of phenolic OH excluding ortho intramolecular Hbond substituents is 2. The minimum Gasteiger partial charge on any atom is -0.508 e. The zero-order valence-corrected chi connectivity index (χ0v) is 11.8. The summed E-state index contributed by atoms with van der Waals surface area (Å²) in [6, 6.07) is 11.7. The fraction of sp³-hybridized carbons (Fsp3) is 0.250. The van der Waals surface area contributed by atoms with Gasteiger partial charge in [-0.25, -0.2) is 0 Å². The molecule has 0 aromatic heterocycles. The molecule has 0 unspecified atom stereocenters. The first-order valence-corrected chi connectivity index (χ1v) is 6.40. The van der Waals surface area contributed by atoms with Gasteiger partial charge in [0.25, 0.3) is 0 Å². The van der Waals surface area contributed by atoms with Crippen LogP contribution in [0.5, 0.6) is 11.5 Å². The van der Waals surface area contributed by atoms with Gasteiger partial charge >= 0.3 is 0 Å². The van der Waals surface area contributed by atoms with Crippen LogP contribution in [-0.2, 0) is 5.41 Å². The van der Waals surface area contributed by atoms with Gasteiger partial charge in [-0.2, -0.15) is 10.2 Å². The lowest BCUT2D eigenvalue weighted by molar-refractivity contribution is 0.447. The summed E-state index contributed by atoms with van der Waals surface area (Å²) in [5, 5.41) is 27.3. The zero-order chi connectivity index (χ0) is 14.8. The molecule has 0 spiro atoms. The molecule has 2 rings (SSSR count). The van der Waals surface area contributed by atoms with Crippen LogP contribution in [-0.4, -0.2) is 10.2 Å². The fourth-order valence-electron chi connectivity index (χ4n) is 1.82. The standard InChI is InChI=1S/C16H18N2O2/c1-16(2,3)14-10-12(6-9-15(14)20)18-17-11-4-7-13(19)8-5-11/h4-10,19-20H,1-3H3. The average molecular weight is 270 g/mol. The third kappa shape index (κ3) is 3.35. The lowest BCUT2D eigenvalue weighted by Crippen LogP contribution is -2.10. The maximum Gasteiger partial charge on any atom is 0.119 e. The summed E-state index contributed by atoms with van der Waals surface area (Å²) in [6.07, 6.45) is 0. The van der Waals surface area contributed by atoms with Crippen molar-refractivity contribution in [1.82, 2.24) is 0 Å². The molecule has 2 aromatic rings. The maximum atomic E-state index is 9.89. The summed E-state index contributed by atoms with van der Waals surface area (Å²) >= 11 is 0. The Labute approximate surface area is 118 Å². The minimum atomic E-state index is -0.159. The number of nitrogens with zero attached hydrogens (tertiary/aromatic N) is 2. The van der Waals surface area contributed by atoms with E-state index < -0.39 is 0 Å². The first-order valence-electron chi connectivity index (χ1n) is 6.40. The van der Waals surface area contributed by atoms with E-state index in [1.54, 1.807) is 36.4 Å². The molecule has 2 aromatic carbocycles. The normalized spacial score (nSPS) is 11.9. The van der Waals surface area contributed by atoms with Gasteiger partial charge in [0.15, 0.2) is 0 Å². The smallest absolute Gasteiger partial charge is 0.119 e. The summed E-state index contributed by atoms with van der Waals surface area (Å²) in [5.41, 5.74) is 2.02. The molecule has 0 atom stereocenters. The summed E-state index contributed by atoms with van der Waals surface area (Å²) in [5.74, 6) is 0.463. The highest BCUT2D eigenvalue weighted by atomic mass is 16.3. The first-order chi connectivity index (χ1) is 9.36. The second-order valence-electron chi connectivity index (χ2n) is 5.67. The summed E-state index contributed by atoms with van der Waals surface area (Å²) < 4.78 is 0. The minimum absolute atomic E-state index is 0.159. The Morgan fingerprint density at radius 3 is 1.95 bits per heavy atom. The van der Waals surface area contributed by atoms with E-state index in [0.29, 0.717) is 11.4 Å². The van der Waals surface area contributed by atoms with Crippen LogP contribution in [0.3, 0.4) is 0 Å². The van der Waals surface area contributed by atoms with Gasteiger partial charge in [0.2, 0.25) is 0 Å². The SMILES string of the molecule is CC(C)(C)c1cc(N=Nc2ccc(O)cc2)ccc1O. The number of rotatable bonds is 2. The molecule has 0 radical (unpaired) electrons. The van der Waals surface area contributed by atoms with E-state index in [-0.39, 0.29) is 16.9 Å². The predicted octanol–water partition coefficient (Wildman–Crippen LogP) is 4.81. The molecule has 0 saturated heterocycles. The van der Waals surface area contributed by atoms with E-state index in [1.165, 1.54) is 0 Å². The van der Waals surface area contributed by atoms with Crippen molar-refractivity contribution in [1.29, 1.82) is 0 Å². The number of aromatic hydroxyl groups is 2. The van der Waals surface area contributed by atoms with Crippen LogP contribution in [0, 0.1) is 0 Å². The Morgan fingerprint density at radius 2 is 1.35 bits per heavy atom. The van der Waals surface area contributed by atoms with Crippen molar-refractivity contribution < 1.29 is 10.2 Å². The first kappa shape index (κ1) is 14.1. The van der Waals surface area contributed by atoms with Gasteiger partial charge in [0.1, 0.15) is 11.5 Å². The maximum absolute atomic E-state index is 9.89. The molecule has 0 fully saturated rings. The van der Waals surface area contributed by atoms with Crippen molar-refractivity contribution >= 4 is 11.4 Å². The molecule has 20 heavy (non-hydrogen) atoms. The number of hydrogen-bond acceptors (Lipinski definition) is 4. The van der Waals surface area contributed by atoms with Gasteiger partial charge in [0, 0.05) is 5.56 Å². The number of benzene rings is 2. The molecule has 4 heteroatoms. The number of phenols is 2. The monoisotopic (exact) mass is 270 g/mol. The topological polar surface area (TPSA) is 65.2 Å². The predicted molar refractivity (Wildman–Crippen MR) is 79.1 cm³/mol. The molecule has 0 saturated carbocycles. The highest BCUT2D eigenvalue weighted by Gasteiger charge is 2.18. The molecule has 0 amide bonds. The average Bonchev–Trinajstić information content (AvgIpc) is 2.38. The molecule has 4 nitrogen and oxygen atoms in total. The van der Waals surface area contributed by atoms with Crippen LogP contribution in [0.15, 0.2) is 52.7 Å². The Balaban J connectivity index is 2.28. The summed E-state index contributed by atoms with van der Waals surface area (Å²) in [7, 11) is 0. The van der Waals surface area contributed by atoms with Gasteiger partial charge < -0.3 is 10.2 Å². The Bertz CT molecular complexity index is 626. The van der Waals surface area contributed by atoms with E-state index in [4.69, 9.17) is 0 Å². The third-order valence-corrected chi connectivity index (χ3v) is 2.92. The second kappa shape index (κ2) is 5.33. The van der Waals surface area contributed by atoms with Gasteiger partial charge in [-0.1, -0.05) is 20.8 Å². The van der Waals surface area contributed by atoms with Gasteiger partial charge in [0.05, 0.1) is 11.4 Å². The quantitative estimate of drug-likeness (QED) is 0.769. The van der Waals surface area contributed by atoms with E-state index >= 15 is 0 Å². The van der Waals surface area contributed by atoms with Crippen molar-refractivity contribution in [2.24, 2.45) is 10.2 Å². The largest absolute Gasteiger partial charge is 0.508 e. The van der Waals surface area contributed by atoms with Crippen LogP contribution < -0.4 is 0 Å². The molecule has 0 aliphatic heterocycles. The lowest BCUT2D eigenvalue weighted by Gasteiger charge is -2.20. The molecule has 2 N–H and O–H groups in total. The Morgan fingerprint density at radius 1 is 0.800 bits per heavy atom. The lowest BCUT2D eigenvalue weighted by atomic mass is 9.86. The van der Waals surface area contributed by atoms with Gasteiger partial charge in [-0.05, 0) is 47.9 Å². The molecule has 104 valence electrons. The summed E-state index contributed by atoms with van der Waals surface area (Å²) in [6.45, 7) is 6.09. The van der Waals surface area contributed by atoms with E-state index in [2.05, 4.69) is 10.2 Å². The van der Waals surface area contributed by atoms with Crippen LogP contribution in [0.4, 0.5) is 11.4 Å². The molecular weight excluding hydrogens is 252 g/mol. The van der Waals surface area contributed by atoms with Gasteiger partial charge in [-0.3, -0.25) is 0 Å². The van der Waals surface area contributed by atoms with Gasteiger partial charge in [-0.15, -0.1) is 0 Å². The Hall–Kier alpha value is -2.36. The molecule has 0 aliphatic carbocycles. The van der Waals surface area contributed by atoms with Crippen LogP contribution in [0.1, 0.15) is 26.3 Å². The molecule has 0 bridgehead atoms. The van der Waals surface area contributed by atoms with Crippen LogP contribution >= 0.6 is 0 Å². The van der Waals surface area contributed by atoms with Crippen molar-refractivity contribution in [2.75, 3.05) is 0 Å². The molecule has 0 heterocycles. The fourth-order valence-corrected chi connectivity index (χ4v) is 1.82.